The Balaban J connectivity index is 1.88. The van der Waals surface area contributed by atoms with E-state index in [9.17, 15) is 4.79 Å². The molecule has 0 unspecified atom stereocenters. The Bertz CT molecular complexity index is 420. The van der Waals surface area contributed by atoms with E-state index < -0.39 is 5.97 Å². The van der Waals surface area contributed by atoms with Crippen LogP contribution in [0.1, 0.15) is 65.1 Å². The number of aromatic carboxylic acids is 1. The van der Waals surface area contributed by atoms with Gasteiger partial charge in [-0.25, -0.2) is 4.79 Å². The normalized spacial score (nSPS) is 17.9. The van der Waals surface area contributed by atoms with Gasteiger partial charge in [-0.1, -0.05) is 32.1 Å². The van der Waals surface area contributed by atoms with Crippen LogP contribution < -0.4 is 5.32 Å². The summed E-state index contributed by atoms with van der Waals surface area (Å²) in [6.07, 6.45) is 9.27. The number of hydrogen-bond acceptors (Lipinski definition) is 3. The van der Waals surface area contributed by atoms with Crippen LogP contribution in [0.3, 0.4) is 0 Å². The van der Waals surface area contributed by atoms with Gasteiger partial charge in [0.1, 0.15) is 4.88 Å². The SMILES string of the molecule is Cc1cc(C(=O)O)sc1CNC1CCCCCCC1. The average Bonchev–Trinajstić information content (AvgIpc) is 2.70. The lowest BCUT2D eigenvalue weighted by molar-refractivity contribution is 0.0702. The minimum Gasteiger partial charge on any atom is -0.477 e. The van der Waals surface area contributed by atoms with E-state index in [0.29, 0.717) is 10.9 Å². The first-order chi connectivity index (χ1) is 9.16. The fourth-order valence-electron chi connectivity index (χ4n) is 2.70. The molecule has 1 heterocycles. The van der Waals surface area contributed by atoms with Gasteiger partial charge in [0.25, 0.3) is 0 Å². The van der Waals surface area contributed by atoms with Gasteiger partial charge in [0.2, 0.25) is 0 Å². The van der Waals surface area contributed by atoms with Crippen molar-refractivity contribution in [3.63, 3.8) is 0 Å². The Morgan fingerprint density at radius 1 is 1.32 bits per heavy atom. The summed E-state index contributed by atoms with van der Waals surface area (Å²) in [4.78, 5) is 12.6. The third-order valence-corrected chi connectivity index (χ3v) is 5.11. The summed E-state index contributed by atoms with van der Waals surface area (Å²) in [7, 11) is 0. The average molecular weight is 281 g/mol. The van der Waals surface area contributed by atoms with Gasteiger partial charge in [-0.05, 0) is 31.4 Å². The molecule has 0 spiro atoms. The van der Waals surface area contributed by atoms with Crippen molar-refractivity contribution in [3.05, 3.63) is 21.4 Å². The molecule has 0 bridgehead atoms. The van der Waals surface area contributed by atoms with Crippen LogP contribution in [-0.2, 0) is 6.54 Å². The van der Waals surface area contributed by atoms with E-state index in [-0.39, 0.29) is 0 Å². The molecule has 1 aromatic rings. The van der Waals surface area contributed by atoms with Gasteiger partial charge in [-0.15, -0.1) is 11.3 Å². The number of rotatable bonds is 4. The molecule has 19 heavy (non-hydrogen) atoms. The molecule has 1 aliphatic carbocycles. The molecule has 0 radical (unpaired) electrons. The standard InChI is InChI=1S/C15H23NO2S/c1-11-9-13(15(17)18)19-14(11)10-16-12-7-5-3-2-4-6-8-12/h9,12,16H,2-8,10H2,1H3,(H,17,18). The molecule has 106 valence electrons. The van der Waals surface area contributed by atoms with Crippen LogP contribution in [0, 0.1) is 6.92 Å². The lowest BCUT2D eigenvalue weighted by Gasteiger charge is -2.20. The third kappa shape index (κ3) is 4.32. The first kappa shape index (κ1) is 14.5. The molecule has 0 aromatic carbocycles. The van der Waals surface area contributed by atoms with E-state index in [4.69, 9.17) is 5.11 Å². The number of hydrogen-bond donors (Lipinski definition) is 2. The van der Waals surface area contributed by atoms with Crippen molar-refractivity contribution in [1.82, 2.24) is 5.32 Å². The van der Waals surface area contributed by atoms with Gasteiger partial charge < -0.3 is 10.4 Å². The number of carboxylic acids is 1. The first-order valence-corrected chi connectivity index (χ1v) is 8.04. The number of carboxylic acid groups (broad SMARTS) is 1. The predicted molar refractivity (Wildman–Crippen MR) is 79.0 cm³/mol. The highest BCUT2D eigenvalue weighted by Crippen LogP contribution is 2.23. The molecule has 1 fully saturated rings. The summed E-state index contributed by atoms with van der Waals surface area (Å²) < 4.78 is 0. The zero-order chi connectivity index (χ0) is 13.7. The maximum absolute atomic E-state index is 10.9. The smallest absolute Gasteiger partial charge is 0.345 e. The predicted octanol–water partition coefficient (Wildman–Crippen LogP) is 3.96. The maximum atomic E-state index is 10.9. The first-order valence-electron chi connectivity index (χ1n) is 7.23. The van der Waals surface area contributed by atoms with Crippen LogP contribution in [0.25, 0.3) is 0 Å². The van der Waals surface area contributed by atoms with E-state index in [1.165, 1.54) is 61.2 Å². The van der Waals surface area contributed by atoms with Crippen LogP contribution in [0.5, 0.6) is 0 Å². The topological polar surface area (TPSA) is 49.3 Å². The minimum atomic E-state index is -0.815. The maximum Gasteiger partial charge on any atom is 0.345 e. The third-order valence-electron chi connectivity index (χ3n) is 3.89. The van der Waals surface area contributed by atoms with Crippen molar-refractivity contribution in [2.24, 2.45) is 0 Å². The summed E-state index contributed by atoms with van der Waals surface area (Å²) in [5.74, 6) is -0.815. The molecule has 0 aliphatic heterocycles. The van der Waals surface area contributed by atoms with Crippen molar-refractivity contribution < 1.29 is 9.90 Å². The molecule has 2 N–H and O–H groups in total. The van der Waals surface area contributed by atoms with Crippen molar-refractivity contribution in [2.45, 2.75) is 64.5 Å². The minimum absolute atomic E-state index is 0.451. The van der Waals surface area contributed by atoms with Crippen molar-refractivity contribution in [3.8, 4) is 0 Å². The number of aryl methyl sites for hydroxylation is 1. The van der Waals surface area contributed by atoms with E-state index in [0.717, 1.165) is 12.1 Å². The fraction of sp³-hybridized carbons (Fsp3) is 0.667. The largest absolute Gasteiger partial charge is 0.477 e. The van der Waals surface area contributed by atoms with Gasteiger partial charge in [-0.3, -0.25) is 0 Å². The lowest BCUT2D eigenvalue weighted by atomic mass is 9.97. The molecule has 0 amide bonds. The van der Waals surface area contributed by atoms with Crippen LogP contribution >= 0.6 is 11.3 Å². The summed E-state index contributed by atoms with van der Waals surface area (Å²) in [5, 5.41) is 12.6. The molecule has 1 aromatic heterocycles. The lowest BCUT2D eigenvalue weighted by Crippen LogP contribution is -2.29. The van der Waals surface area contributed by atoms with Gasteiger partial charge in [0.05, 0.1) is 0 Å². The molecule has 4 heteroatoms. The van der Waals surface area contributed by atoms with Crippen molar-refractivity contribution in [2.75, 3.05) is 0 Å². The zero-order valence-corrected chi connectivity index (χ0v) is 12.4. The van der Waals surface area contributed by atoms with Crippen molar-refractivity contribution in [1.29, 1.82) is 0 Å². The summed E-state index contributed by atoms with van der Waals surface area (Å²) in [6, 6.07) is 2.39. The molecule has 1 aliphatic rings. The molecule has 2 rings (SSSR count). The van der Waals surface area contributed by atoms with E-state index in [1.807, 2.05) is 6.92 Å². The highest BCUT2D eigenvalue weighted by Gasteiger charge is 2.14. The van der Waals surface area contributed by atoms with Crippen LogP contribution in [0.15, 0.2) is 6.07 Å². The Morgan fingerprint density at radius 3 is 2.53 bits per heavy atom. The van der Waals surface area contributed by atoms with Gasteiger partial charge in [0.15, 0.2) is 0 Å². The Hall–Kier alpha value is -0.870. The quantitative estimate of drug-likeness (QED) is 0.878. The summed E-state index contributed by atoms with van der Waals surface area (Å²) in [5.41, 5.74) is 1.10. The number of carbonyl (C=O) groups is 1. The summed E-state index contributed by atoms with van der Waals surface area (Å²) in [6.45, 7) is 2.81. The monoisotopic (exact) mass is 281 g/mol. The van der Waals surface area contributed by atoms with Crippen LogP contribution in [0.4, 0.5) is 0 Å². The molecule has 1 saturated carbocycles. The second kappa shape index (κ2) is 7.06. The van der Waals surface area contributed by atoms with Crippen molar-refractivity contribution >= 4 is 17.3 Å². The second-order valence-electron chi connectivity index (χ2n) is 5.44. The molecule has 0 atom stereocenters. The Morgan fingerprint density at radius 2 is 1.95 bits per heavy atom. The second-order valence-corrected chi connectivity index (χ2v) is 6.58. The van der Waals surface area contributed by atoms with E-state index in [1.54, 1.807) is 6.07 Å². The van der Waals surface area contributed by atoms with E-state index >= 15 is 0 Å². The van der Waals surface area contributed by atoms with Gasteiger partial charge in [-0.2, -0.15) is 0 Å². The highest BCUT2D eigenvalue weighted by atomic mass is 32.1. The van der Waals surface area contributed by atoms with E-state index in [2.05, 4.69) is 5.32 Å². The van der Waals surface area contributed by atoms with Gasteiger partial charge in [0, 0.05) is 17.5 Å². The summed E-state index contributed by atoms with van der Waals surface area (Å²) >= 11 is 1.40. The Kier molecular flexibility index (Phi) is 5.40. The molecule has 0 saturated heterocycles. The Labute approximate surface area is 119 Å². The molecular weight excluding hydrogens is 258 g/mol. The number of nitrogens with one attached hydrogen (secondary N) is 1. The number of thiophene rings is 1. The van der Waals surface area contributed by atoms with Crippen LogP contribution in [-0.4, -0.2) is 17.1 Å². The van der Waals surface area contributed by atoms with Crippen LogP contribution in [0.2, 0.25) is 0 Å². The molecular formula is C15H23NO2S. The highest BCUT2D eigenvalue weighted by molar-refractivity contribution is 7.14. The van der Waals surface area contributed by atoms with Gasteiger partial charge >= 0.3 is 5.97 Å². The molecule has 3 nitrogen and oxygen atoms in total. The zero-order valence-electron chi connectivity index (χ0n) is 11.6. The fourth-order valence-corrected chi connectivity index (χ4v) is 3.66.